The molecule has 7 heteroatoms. The predicted molar refractivity (Wildman–Crippen MR) is 85.2 cm³/mol. The average Bonchev–Trinajstić information content (AvgIpc) is 2.44. The number of carbonyl (C=O) groups is 2. The Bertz CT molecular complexity index is 505. The minimum Gasteiger partial charge on any atom is -0.481 e. The lowest BCUT2D eigenvalue weighted by atomic mass is 10.0. The highest BCUT2D eigenvalue weighted by Gasteiger charge is 2.20. The van der Waals surface area contributed by atoms with Crippen molar-refractivity contribution in [3.8, 4) is 0 Å². The third kappa shape index (κ3) is 6.54. The molecule has 1 aromatic carbocycles. The van der Waals surface area contributed by atoms with Gasteiger partial charge in [0, 0.05) is 17.4 Å². The van der Waals surface area contributed by atoms with Crippen LogP contribution in [0.5, 0.6) is 0 Å². The number of rotatable bonds is 7. The quantitative estimate of drug-likeness (QED) is 0.725. The van der Waals surface area contributed by atoms with Crippen LogP contribution in [0, 0.1) is 5.92 Å². The van der Waals surface area contributed by atoms with Crippen molar-refractivity contribution in [3.05, 3.63) is 34.9 Å². The number of carboxylic acid groups (broad SMARTS) is 1. The van der Waals surface area contributed by atoms with Crippen LogP contribution in [0.1, 0.15) is 38.3 Å². The number of amides is 1. The van der Waals surface area contributed by atoms with Crippen LogP contribution in [-0.4, -0.2) is 22.7 Å². The van der Waals surface area contributed by atoms with Crippen LogP contribution in [0.4, 0.5) is 4.79 Å². The summed E-state index contributed by atoms with van der Waals surface area (Å²) in [6.45, 7) is 3.65. The lowest BCUT2D eigenvalue weighted by Crippen LogP contribution is -2.32. The Hall–Kier alpha value is -1.46. The number of hydrogen-bond acceptors (Lipinski definition) is 3. The van der Waals surface area contributed by atoms with E-state index >= 15 is 0 Å². The molecule has 0 saturated carbocycles. The Kier molecular flexibility index (Phi) is 7.48. The van der Waals surface area contributed by atoms with E-state index in [9.17, 15) is 9.59 Å². The van der Waals surface area contributed by atoms with E-state index in [4.69, 9.17) is 33.0 Å². The standard InChI is InChI=1S/C15H19Cl2NO4/c1-9(2)14(17)22-15(21)18-12(7-8-13(19)20)10-3-5-11(16)6-4-10/h3-6,9,12,14H,7-8H2,1-2H3,(H,18,21)(H,19,20). The van der Waals surface area contributed by atoms with E-state index in [1.165, 1.54) is 0 Å². The summed E-state index contributed by atoms with van der Waals surface area (Å²) in [4.78, 5) is 22.6. The van der Waals surface area contributed by atoms with E-state index < -0.39 is 23.7 Å². The molecule has 0 saturated heterocycles. The molecule has 22 heavy (non-hydrogen) atoms. The van der Waals surface area contributed by atoms with E-state index in [0.29, 0.717) is 5.02 Å². The summed E-state index contributed by atoms with van der Waals surface area (Å²) >= 11 is 11.7. The molecule has 0 aromatic heterocycles. The fraction of sp³-hybridized carbons (Fsp3) is 0.467. The molecule has 0 bridgehead atoms. The summed E-state index contributed by atoms with van der Waals surface area (Å²) < 4.78 is 5.04. The third-order valence-electron chi connectivity index (χ3n) is 2.96. The van der Waals surface area contributed by atoms with Crippen molar-refractivity contribution >= 4 is 35.3 Å². The van der Waals surface area contributed by atoms with Gasteiger partial charge in [0.2, 0.25) is 0 Å². The van der Waals surface area contributed by atoms with Crippen LogP contribution in [-0.2, 0) is 9.53 Å². The van der Waals surface area contributed by atoms with Gasteiger partial charge in [-0.25, -0.2) is 4.79 Å². The van der Waals surface area contributed by atoms with E-state index in [-0.39, 0.29) is 18.8 Å². The van der Waals surface area contributed by atoms with Gasteiger partial charge in [-0.1, -0.05) is 49.2 Å². The predicted octanol–water partition coefficient (Wildman–Crippen LogP) is 4.19. The fourth-order valence-electron chi connectivity index (χ4n) is 1.70. The lowest BCUT2D eigenvalue weighted by molar-refractivity contribution is -0.137. The van der Waals surface area contributed by atoms with Crippen LogP contribution < -0.4 is 5.32 Å². The number of carbonyl (C=O) groups excluding carboxylic acids is 1. The summed E-state index contributed by atoms with van der Waals surface area (Å²) in [7, 11) is 0. The van der Waals surface area contributed by atoms with Gasteiger partial charge in [-0.05, 0) is 24.1 Å². The highest BCUT2D eigenvalue weighted by Crippen LogP contribution is 2.21. The molecule has 0 aliphatic heterocycles. The number of alkyl halides is 1. The van der Waals surface area contributed by atoms with Crippen molar-refractivity contribution in [2.75, 3.05) is 0 Å². The summed E-state index contributed by atoms with van der Waals surface area (Å²) in [6.07, 6.45) is -0.526. The molecule has 2 unspecified atom stereocenters. The number of halogens is 2. The summed E-state index contributed by atoms with van der Waals surface area (Å²) in [6, 6.07) is 6.33. The minimum absolute atomic E-state index is 0.0274. The second-order valence-corrected chi connectivity index (χ2v) is 6.05. The number of hydrogen-bond donors (Lipinski definition) is 2. The Balaban J connectivity index is 2.75. The third-order valence-corrected chi connectivity index (χ3v) is 3.80. The molecule has 122 valence electrons. The minimum atomic E-state index is -0.938. The molecule has 1 rings (SSSR count). The lowest BCUT2D eigenvalue weighted by Gasteiger charge is -2.21. The summed E-state index contributed by atoms with van der Waals surface area (Å²) in [5.41, 5.74) is 0.00334. The molecule has 0 heterocycles. The number of ether oxygens (including phenoxy) is 1. The summed E-state index contributed by atoms with van der Waals surface area (Å²) in [5.74, 6) is -0.966. The first-order valence-electron chi connectivity index (χ1n) is 6.88. The molecular weight excluding hydrogens is 329 g/mol. The zero-order chi connectivity index (χ0) is 16.7. The van der Waals surface area contributed by atoms with Crippen molar-refractivity contribution in [1.29, 1.82) is 0 Å². The molecule has 0 fully saturated rings. The zero-order valence-electron chi connectivity index (χ0n) is 12.4. The maximum Gasteiger partial charge on any atom is 0.409 e. The first-order valence-corrected chi connectivity index (χ1v) is 7.69. The normalized spacial score (nSPS) is 13.5. The zero-order valence-corrected chi connectivity index (χ0v) is 13.9. The van der Waals surface area contributed by atoms with Gasteiger partial charge < -0.3 is 15.2 Å². The first-order chi connectivity index (χ1) is 10.3. The number of aliphatic carboxylic acids is 1. The van der Waals surface area contributed by atoms with Crippen molar-refractivity contribution in [1.82, 2.24) is 5.32 Å². The van der Waals surface area contributed by atoms with Gasteiger partial charge in [0.05, 0.1) is 6.04 Å². The Morgan fingerprint density at radius 3 is 2.36 bits per heavy atom. The van der Waals surface area contributed by atoms with Crippen LogP contribution in [0.25, 0.3) is 0 Å². The highest BCUT2D eigenvalue weighted by molar-refractivity contribution is 6.30. The molecule has 0 aliphatic rings. The molecular formula is C15H19Cl2NO4. The molecule has 2 atom stereocenters. The highest BCUT2D eigenvalue weighted by atomic mass is 35.5. The maximum atomic E-state index is 11.9. The van der Waals surface area contributed by atoms with E-state index in [2.05, 4.69) is 5.32 Å². The van der Waals surface area contributed by atoms with E-state index in [0.717, 1.165) is 5.56 Å². The monoisotopic (exact) mass is 347 g/mol. The first kappa shape index (κ1) is 18.6. The molecule has 0 aliphatic carbocycles. The number of nitrogens with one attached hydrogen (secondary N) is 1. The maximum absolute atomic E-state index is 11.9. The van der Waals surface area contributed by atoms with Gasteiger partial charge >= 0.3 is 12.1 Å². The second-order valence-electron chi connectivity index (χ2n) is 5.18. The van der Waals surface area contributed by atoms with Crippen molar-refractivity contribution in [3.63, 3.8) is 0 Å². The van der Waals surface area contributed by atoms with E-state index in [1.807, 2.05) is 13.8 Å². The number of alkyl carbamates (subject to hydrolysis) is 1. The Labute approximate surface area is 139 Å². The van der Waals surface area contributed by atoms with Gasteiger partial charge in [-0.2, -0.15) is 0 Å². The van der Waals surface area contributed by atoms with E-state index in [1.54, 1.807) is 24.3 Å². The average molecular weight is 348 g/mol. The number of benzene rings is 1. The van der Waals surface area contributed by atoms with Crippen molar-refractivity contribution in [2.24, 2.45) is 5.92 Å². The van der Waals surface area contributed by atoms with Gasteiger partial charge in [0.15, 0.2) is 5.56 Å². The Morgan fingerprint density at radius 2 is 1.86 bits per heavy atom. The molecule has 0 radical (unpaired) electrons. The van der Waals surface area contributed by atoms with Crippen LogP contribution in [0.2, 0.25) is 5.02 Å². The van der Waals surface area contributed by atoms with Gasteiger partial charge in [-0.3, -0.25) is 4.79 Å². The smallest absolute Gasteiger partial charge is 0.409 e. The Morgan fingerprint density at radius 1 is 1.27 bits per heavy atom. The van der Waals surface area contributed by atoms with Crippen molar-refractivity contribution < 1.29 is 19.4 Å². The summed E-state index contributed by atoms with van der Waals surface area (Å²) in [5, 5.41) is 12.0. The molecule has 2 N–H and O–H groups in total. The molecule has 1 aromatic rings. The van der Waals surface area contributed by atoms with Crippen LogP contribution in [0.3, 0.4) is 0 Å². The second kappa shape index (κ2) is 8.86. The van der Waals surface area contributed by atoms with Crippen LogP contribution in [0.15, 0.2) is 24.3 Å². The van der Waals surface area contributed by atoms with Crippen molar-refractivity contribution in [2.45, 2.75) is 38.3 Å². The van der Waals surface area contributed by atoms with Gasteiger partial charge in [0.1, 0.15) is 0 Å². The van der Waals surface area contributed by atoms with Gasteiger partial charge in [-0.15, -0.1) is 0 Å². The number of carboxylic acids is 1. The fourth-order valence-corrected chi connectivity index (χ4v) is 1.91. The van der Waals surface area contributed by atoms with Gasteiger partial charge in [0.25, 0.3) is 0 Å². The largest absolute Gasteiger partial charge is 0.481 e. The molecule has 5 nitrogen and oxygen atoms in total. The molecule has 0 spiro atoms. The topological polar surface area (TPSA) is 75.6 Å². The molecule has 1 amide bonds. The SMILES string of the molecule is CC(C)C(Cl)OC(=O)NC(CCC(=O)O)c1ccc(Cl)cc1. The van der Waals surface area contributed by atoms with Crippen LogP contribution >= 0.6 is 23.2 Å².